The molecule has 3 N–H and O–H groups in total. The van der Waals surface area contributed by atoms with Gasteiger partial charge in [-0.15, -0.1) is 0 Å². The maximum atomic E-state index is 14.0. The molecule has 0 spiro atoms. The number of nitriles is 1. The van der Waals surface area contributed by atoms with E-state index in [1.807, 2.05) is 11.4 Å². The normalized spacial score (nSPS) is 35.4. The summed E-state index contributed by atoms with van der Waals surface area (Å²) in [4.78, 5) is 52.9. The van der Waals surface area contributed by atoms with Crippen LogP contribution < -0.4 is 16.0 Å². The Morgan fingerprint density at radius 3 is 2.32 bits per heavy atom. The first-order valence-electron chi connectivity index (χ1n) is 13.7. The molecule has 9 nitrogen and oxygen atoms in total. The molecule has 0 aromatic rings. The second-order valence-corrected chi connectivity index (χ2v) is 11.7. The predicted octanol–water partition coefficient (Wildman–Crippen LogP) is 1.77. The molecule has 1 unspecified atom stereocenters. The van der Waals surface area contributed by atoms with Gasteiger partial charge in [0, 0.05) is 18.5 Å². The molecule has 2 heterocycles. The SMILES string of the molecule is N#C[C@H](C[C@@H]1CCNC1=O)NC(=O)[C@@H]1[C@H]2CC[C@H](C2)N1C(=O)[C@@H](NC(=O)C(F)(F)F)C1CC2CCC1CC2. The van der Waals surface area contributed by atoms with Crippen molar-refractivity contribution in [3.05, 3.63) is 0 Å². The van der Waals surface area contributed by atoms with Crippen LogP contribution >= 0.6 is 0 Å². The summed E-state index contributed by atoms with van der Waals surface area (Å²) >= 11 is 0. The lowest BCUT2D eigenvalue weighted by Gasteiger charge is -2.47. The van der Waals surface area contributed by atoms with Gasteiger partial charge in [0.05, 0.1) is 6.07 Å². The number of amides is 4. The Labute approximate surface area is 219 Å². The standard InChI is InChI=1S/C26H34F3N5O4/c27-26(28,29)25(38)33-20(19-9-13-1-3-14(19)4-2-13)24(37)34-18-6-5-15(11-18)21(34)23(36)32-17(12-30)10-16-7-8-31-22(16)35/h13-21H,1-11H2,(H,31,35)(H,32,36)(H,33,38)/t13?,14?,15-,16-,17-,18+,19?,20-,21-/m0/s1. The molecule has 4 aliphatic carbocycles. The zero-order valence-electron chi connectivity index (χ0n) is 21.1. The van der Waals surface area contributed by atoms with Crippen molar-refractivity contribution in [3.63, 3.8) is 0 Å². The summed E-state index contributed by atoms with van der Waals surface area (Å²) in [6.07, 6.45) is 1.65. The quantitative estimate of drug-likeness (QED) is 0.456. The molecular formula is C26H34F3N5O4. The van der Waals surface area contributed by atoms with Crippen molar-refractivity contribution in [1.82, 2.24) is 20.9 Å². The summed E-state index contributed by atoms with van der Waals surface area (Å²) in [5.74, 6) is -4.05. The number of halogens is 3. The summed E-state index contributed by atoms with van der Waals surface area (Å²) in [5, 5.41) is 17.1. The van der Waals surface area contributed by atoms with Gasteiger partial charge >= 0.3 is 12.1 Å². The van der Waals surface area contributed by atoms with Crippen molar-refractivity contribution in [2.24, 2.45) is 29.6 Å². The highest BCUT2D eigenvalue weighted by atomic mass is 19.4. The van der Waals surface area contributed by atoms with Crippen molar-refractivity contribution < 1.29 is 32.3 Å². The third-order valence-electron chi connectivity index (χ3n) is 9.60. The maximum Gasteiger partial charge on any atom is 0.471 e. The van der Waals surface area contributed by atoms with Gasteiger partial charge in [-0.05, 0) is 75.0 Å². The minimum atomic E-state index is -5.13. The molecule has 4 saturated carbocycles. The molecule has 2 aliphatic heterocycles. The number of rotatable bonds is 7. The van der Waals surface area contributed by atoms with Crippen molar-refractivity contribution in [1.29, 1.82) is 5.26 Å². The second-order valence-electron chi connectivity index (χ2n) is 11.7. The molecule has 0 aromatic carbocycles. The molecule has 6 rings (SSSR count). The number of nitrogens with one attached hydrogen (secondary N) is 3. The Bertz CT molecular complexity index is 1020. The van der Waals surface area contributed by atoms with Gasteiger partial charge in [0.25, 0.3) is 0 Å². The third-order valence-corrected chi connectivity index (χ3v) is 9.60. The molecule has 6 fully saturated rings. The van der Waals surface area contributed by atoms with Crippen LogP contribution in [0.25, 0.3) is 0 Å². The molecule has 2 saturated heterocycles. The number of fused-ring (bicyclic) bond motifs is 5. The third kappa shape index (κ3) is 5.08. The molecule has 7 atom stereocenters. The highest BCUT2D eigenvalue weighted by Gasteiger charge is 2.55. The largest absolute Gasteiger partial charge is 0.471 e. The lowest BCUT2D eigenvalue weighted by Crippen LogP contribution is -2.62. The lowest BCUT2D eigenvalue weighted by molar-refractivity contribution is -0.176. The van der Waals surface area contributed by atoms with Gasteiger partial charge in [0.2, 0.25) is 17.7 Å². The van der Waals surface area contributed by atoms with Crippen molar-refractivity contribution >= 4 is 23.6 Å². The van der Waals surface area contributed by atoms with Gasteiger partial charge in [-0.2, -0.15) is 18.4 Å². The van der Waals surface area contributed by atoms with Gasteiger partial charge < -0.3 is 20.9 Å². The van der Waals surface area contributed by atoms with E-state index >= 15 is 0 Å². The van der Waals surface area contributed by atoms with Crippen LogP contribution in [0.2, 0.25) is 0 Å². The molecule has 38 heavy (non-hydrogen) atoms. The average molecular weight is 538 g/mol. The summed E-state index contributed by atoms with van der Waals surface area (Å²) < 4.78 is 39.8. The lowest BCUT2D eigenvalue weighted by atomic mass is 9.62. The molecule has 4 amide bonds. The highest BCUT2D eigenvalue weighted by molar-refractivity contribution is 5.94. The number of nitrogens with zero attached hydrogens (tertiary/aromatic N) is 2. The minimum Gasteiger partial charge on any atom is -0.356 e. The summed E-state index contributed by atoms with van der Waals surface area (Å²) in [7, 11) is 0. The summed E-state index contributed by atoms with van der Waals surface area (Å²) in [5.41, 5.74) is 0. The van der Waals surface area contributed by atoms with E-state index in [4.69, 9.17) is 0 Å². The van der Waals surface area contributed by atoms with E-state index < -0.39 is 47.9 Å². The van der Waals surface area contributed by atoms with Gasteiger partial charge in [0.15, 0.2) is 0 Å². The fraction of sp³-hybridized carbons (Fsp3) is 0.808. The van der Waals surface area contributed by atoms with Crippen LogP contribution in [0.1, 0.15) is 64.2 Å². The van der Waals surface area contributed by atoms with Gasteiger partial charge in [-0.1, -0.05) is 12.8 Å². The van der Waals surface area contributed by atoms with Crippen molar-refractivity contribution in [3.8, 4) is 6.07 Å². The second kappa shape index (κ2) is 10.4. The van der Waals surface area contributed by atoms with E-state index in [0.717, 1.165) is 25.7 Å². The van der Waals surface area contributed by atoms with E-state index in [-0.39, 0.29) is 36.1 Å². The van der Waals surface area contributed by atoms with Gasteiger partial charge in [-0.3, -0.25) is 19.2 Å². The fourth-order valence-corrected chi connectivity index (χ4v) is 7.77. The van der Waals surface area contributed by atoms with Crippen LogP contribution in [0, 0.1) is 40.9 Å². The average Bonchev–Trinajstić information content (AvgIpc) is 3.63. The number of piperidine rings is 1. The van der Waals surface area contributed by atoms with Crippen LogP contribution in [-0.2, 0) is 19.2 Å². The van der Waals surface area contributed by atoms with E-state index in [2.05, 4.69) is 10.6 Å². The van der Waals surface area contributed by atoms with Crippen LogP contribution in [0.3, 0.4) is 0 Å². The number of likely N-dealkylation sites (tertiary alicyclic amines) is 1. The predicted molar refractivity (Wildman–Crippen MR) is 127 cm³/mol. The van der Waals surface area contributed by atoms with Crippen molar-refractivity contribution in [2.45, 2.75) is 94.6 Å². The van der Waals surface area contributed by atoms with Crippen LogP contribution in [0.15, 0.2) is 0 Å². The molecule has 4 bridgehead atoms. The first-order valence-corrected chi connectivity index (χ1v) is 13.7. The number of carbonyl (C=O) groups is 4. The first kappa shape index (κ1) is 26.8. The van der Waals surface area contributed by atoms with E-state index in [0.29, 0.717) is 44.6 Å². The highest BCUT2D eigenvalue weighted by Crippen LogP contribution is 2.48. The maximum absolute atomic E-state index is 14.0. The zero-order chi connectivity index (χ0) is 27.2. The fourth-order valence-electron chi connectivity index (χ4n) is 7.77. The van der Waals surface area contributed by atoms with Gasteiger partial charge in [0.1, 0.15) is 18.1 Å². The zero-order valence-corrected chi connectivity index (χ0v) is 21.1. The summed E-state index contributed by atoms with van der Waals surface area (Å²) in [6, 6.07) is -1.46. The number of carbonyl (C=O) groups excluding carboxylic acids is 4. The van der Waals surface area contributed by atoms with E-state index in [1.54, 1.807) is 0 Å². The van der Waals surface area contributed by atoms with Crippen LogP contribution in [0.4, 0.5) is 13.2 Å². The smallest absolute Gasteiger partial charge is 0.356 e. The molecule has 6 aliphatic rings. The molecule has 208 valence electrons. The van der Waals surface area contributed by atoms with Crippen LogP contribution in [0.5, 0.6) is 0 Å². The van der Waals surface area contributed by atoms with E-state index in [1.165, 1.54) is 4.90 Å². The Kier molecular flexibility index (Phi) is 7.31. The minimum absolute atomic E-state index is 0.0510. The van der Waals surface area contributed by atoms with Crippen molar-refractivity contribution in [2.75, 3.05) is 6.54 Å². The topological polar surface area (TPSA) is 131 Å². The Morgan fingerprint density at radius 2 is 1.74 bits per heavy atom. The molecular weight excluding hydrogens is 503 g/mol. The number of alkyl halides is 3. The molecule has 12 heteroatoms. The Morgan fingerprint density at radius 1 is 1.03 bits per heavy atom. The number of hydrogen-bond donors (Lipinski definition) is 3. The Hall–Kier alpha value is -2.84. The monoisotopic (exact) mass is 537 g/mol. The molecule has 0 radical (unpaired) electrons. The van der Waals surface area contributed by atoms with Gasteiger partial charge in [-0.25, -0.2) is 0 Å². The first-order chi connectivity index (χ1) is 18.1. The van der Waals surface area contributed by atoms with E-state index in [9.17, 15) is 37.6 Å². The summed E-state index contributed by atoms with van der Waals surface area (Å²) in [6.45, 7) is 0.512. The van der Waals surface area contributed by atoms with Crippen LogP contribution in [-0.4, -0.2) is 65.4 Å². The number of hydrogen-bond acceptors (Lipinski definition) is 5. The Balaban J connectivity index is 1.36. The molecule has 0 aromatic heterocycles.